The first-order chi connectivity index (χ1) is 13.8. The van der Waals surface area contributed by atoms with Gasteiger partial charge in [0.1, 0.15) is 12.1 Å². The zero-order valence-electron chi connectivity index (χ0n) is 16.2. The second kappa shape index (κ2) is 8.29. The van der Waals surface area contributed by atoms with Crippen LogP contribution in [0.1, 0.15) is 12.8 Å². The lowest BCUT2D eigenvalue weighted by molar-refractivity contribution is 0.221. The highest BCUT2D eigenvalue weighted by Crippen LogP contribution is 2.35. The molecule has 1 fully saturated rings. The van der Waals surface area contributed by atoms with Crippen LogP contribution in [0.25, 0.3) is 10.9 Å². The molecule has 0 aliphatic carbocycles. The predicted octanol–water partition coefficient (Wildman–Crippen LogP) is 3.34. The van der Waals surface area contributed by atoms with Crippen LogP contribution in [0, 0.1) is 5.92 Å². The van der Waals surface area contributed by atoms with Crippen molar-refractivity contribution < 1.29 is 14.2 Å². The van der Waals surface area contributed by atoms with Crippen LogP contribution in [0.3, 0.4) is 0 Å². The molecule has 2 aromatic heterocycles. The summed E-state index contributed by atoms with van der Waals surface area (Å²) in [7, 11) is 3.27. The zero-order chi connectivity index (χ0) is 19.3. The van der Waals surface area contributed by atoms with Gasteiger partial charge in [-0.2, -0.15) is 0 Å². The van der Waals surface area contributed by atoms with Gasteiger partial charge in [-0.05, 0) is 25.0 Å². The summed E-state index contributed by atoms with van der Waals surface area (Å²) in [4.78, 5) is 15.5. The highest BCUT2D eigenvalue weighted by molar-refractivity contribution is 5.92. The molecule has 7 heteroatoms. The van der Waals surface area contributed by atoms with Crippen molar-refractivity contribution in [1.29, 1.82) is 0 Å². The molecule has 3 heterocycles. The number of nitrogens with zero attached hydrogens (tertiary/aromatic N) is 4. The lowest BCUT2D eigenvalue weighted by Gasteiger charge is -2.33. The van der Waals surface area contributed by atoms with E-state index in [4.69, 9.17) is 14.2 Å². The van der Waals surface area contributed by atoms with Crippen LogP contribution >= 0.6 is 0 Å². The van der Waals surface area contributed by atoms with E-state index in [1.807, 2.05) is 30.3 Å². The summed E-state index contributed by atoms with van der Waals surface area (Å²) < 4.78 is 16.7. The molecular weight excluding hydrogens is 356 g/mol. The van der Waals surface area contributed by atoms with E-state index >= 15 is 0 Å². The van der Waals surface area contributed by atoms with Crippen LogP contribution in [0.15, 0.2) is 42.9 Å². The SMILES string of the molecule is COc1cc2ncnc(N3CCCC(COc4ccccn4)C3)c2cc1OC. The fraction of sp³-hybridized carbons (Fsp3) is 0.381. The molecule has 0 spiro atoms. The number of benzene rings is 1. The quantitative estimate of drug-likeness (QED) is 0.649. The van der Waals surface area contributed by atoms with Gasteiger partial charge in [0, 0.05) is 42.7 Å². The highest BCUT2D eigenvalue weighted by Gasteiger charge is 2.24. The van der Waals surface area contributed by atoms with Crippen LogP contribution in [0.5, 0.6) is 17.4 Å². The van der Waals surface area contributed by atoms with E-state index in [9.17, 15) is 0 Å². The molecule has 1 aliphatic heterocycles. The van der Waals surface area contributed by atoms with Gasteiger partial charge in [-0.3, -0.25) is 0 Å². The molecule has 1 atom stereocenters. The van der Waals surface area contributed by atoms with Crippen molar-refractivity contribution in [2.45, 2.75) is 12.8 Å². The van der Waals surface area contributed by atoms with Crippen LogP contribution < -0.4 is 19.1 Å². The van der Waals surface area contributed by atoms with Gasteiger partial charge in [0.2, 0.25) is 5.88 Å². The number of rotatable bonds is 6. The number of pyridine rings is 1. The summed E-state index contributed by atoms with van der Waals surface area (Å²) in [5, 5.41) is 0.964. The fourth-order valence-corrected chi connectivity index (χ4v) is 3.65. The minimum Gasteiger partial charge on any atom is -0.493 e. The maximum atomic E-state index is 5.88. The van der Waals surface area contributed by atoms with Gasteiger partial charge in [-0.25, -0.2) is 15.0 Å². The summed E-state index contributed by atoms with van der Waals surface area (Å²) in [6.07, 6.45) is 5.58. The minimum atomic E-state index is 0.418. The summed E-state index contributed by atoms with van der Waals surface area (Å²) in [6.45, 7) is 2.49. The van der Waals surface area contributed by atoms with Crippen molar-refractivity contribution in [2.24, 2.45) is 5.92 Å². The third kappa shape index (κ3) is 3.78. The summed E-state index contributed by atoms with van der Waals surface area (Å²) in [5.74, 6) is 3.36. The van der Waals surface area contributed by atoms with Crippen molar-refractivity contribution in [2.75, 3.05) is 38.8 Å². The number of methoxy groups -OCH3 is 2. The molecule has 4 rings (SSSR count). The van der Waals surface area contributed by atoms with Crippen molar-refractivity contribution >= 4 is 16.7 Å². The zero-order valence-corrected chi connectivity index (χ0v) is 16.2. The van der Waals surface area contributed by atoms with E-state index in [0.29, 0.717) is 29.9 Å². The Balaban J connectivity index is 1.55. The molecule has 0 bridgehead atoms. The van der Waals surface area contributed by atoms with Gasteiger partial charge in [0.05, 0.1) is 26.3 Å². The Labute approximate surface area is 164 Å². The molecule has 1 unspecified atom stereocenters. The van der Waals surface area contributed by atoms with E-state index in [1.54, 1.807) is 26.7 Å². The van der Waals surface area contributed by atoms with E-state index in [1.165, 1.54) is 0 Å². The number of ether oxygens (including phenoxy) is 3. The second-order valence-corrected chi connectivity index (χ2v) is 6.85. The van der Waals surface area contributed by atoms with Crippen molar-refractivity contribution in [3.63, 3.8) is 0 Å². The number of hydrogen-bond acceptors (Lipinski definition) is 7. The summed E-state index contributed by atoms with van der Waals surface area (Å²) >= 11 is 0. The molecule has 0 amide bonds. The van der Waals surface area contributed by atoms with Gasteiger partial charge < -0.3 is 19.1 Å². The summed E-state index contributed by atoms with van der Waals surface area (Å²) in [6, 6.07) is 9.56. The minimum absolute atomic E-state index is 0.418. The van der Waals surface area contributed by atoms with Gasteiger partial charge >= 0.3 is 0 Å². The molecule has 0 radical (unpaired) electrons. The second-order valence-electron chi connectivity index (χ2n) is 6.85. The molecule has 7 nitrogen and oxygen atoms in total. The van der Waals surface area contributed by atoms with Crippen LogP contribution in [0.4, 0.5) is 5.82 Å². The Morgan fingerprint density at radius 2 is 1.93 bits per heavy atom. The van der Waals surface area contributed by atoms with E-state index in [2.05, 4.69) is 19.9 Å². The van der Waals surface area contributed by atoms with E-state index in [0.717, 1.165) is 42.7 Å². The first-order valence-corrected chi connectivity index (χ1v) is 9.44. The smallest absolute Gasteiger partial charge is 0.213 e. The van der Waals surface area contributed by atoms with Crippen molar-refractivity contribution in [1.82, 2.24) is 15.0 Å². The Hall–Kier alpha value is -3.09. The Morgan fingerprint density at radius 1 is 1.07 bits per heavy atom. The molecule has 0 saturated carbocycles. The average Bonchev–Trinajstić information content (AvgIpc) is 2.77. The monoisotopic (exact) mass is 380 g/mol. The number of fused-ring (bicyclic) bond motifs is 1. The standard InChI is InChI=1S/C21H24N4O3/c1-26-18-10-16-17(11-19(18)27-2)23-14-24-21(16)25-9-5-6-15(12-25)13-28-20-7-3-4-8-22-20/h3-4,7-8,10-11,14-15H,5-6,9,12-13H2,1-2H3. The van der Waals surface area contributed by atoms with Gasteiger partial charge in [-0.1, -0.05) is 6.07 Å². The molecule has 146 valence electrons. The maximum Gasteiger partial charge on any atom is 0.213 e. The van der Waals surface area contributed by atoms with Crippen LogP contribution in [0.2, 0.25) is 0 Å². The van der Waals surface area contributed by atoms with Gasteiger partial charge in [0.15, 0.2) is 11.5 Å². The average molecular weight is 380 g/mol. The largest absolute Gasteiger partial charge is 0.493 e. The molecule has 3 aromatic rings. The number of anilines is 1. The molecule has 1 aromatic carbocycles. The summed E-state index contributed by atoms with van der Waals surface area (Å²) in [5.41, 5.74) is 0.842. The normalized spacial score (nSPS) is 16.8. The number of piperidine rings is 1. The molecule has 1 saturated heterocycles. The Morgan fingerprint density at radius 3 is 2.71 bits per heavy atom. The third-order valence-electron chi connectivity index (χ3n) is 5.04. The molecular formula is C21H24N4O3. The van der Waals surface area contributed by atoms with E-state index < -0.39 is 0 Å². The number of aromatic nitrogens is 3. The van der Waals surface area contributed by atoms with Crippen LogP contribution in [-0.4, -0.2) is 48.9 Å². The van der Waals surface area contributed by atoms with Crippen molar-refractivity contribution in [3.8, 4) is 17.4 Å². The first kappa shape index (κ1) is 18.3. The number of hydrogen-bond donors (Lipinski definition) is 0. The van der Waals surface area contributed by atoms with E-state index in [-0.39, 0.29) is 0 Å². The van der Waals surface area contributed by atoms with Crippen LogP contribution in [-0.2, 0) is 0 Å². The Bertz CT molecular complexity index is 936. The first-order valence-electron chi connectivity index (χ1n) is 9.44. The molecule has 0 N–H and O–H groups in total. The Kier molecular flexibility index (Phi) is 5.41. The predicted molar refractivity (Wildman–Crippen MR) is 107 cm³/mol. The fourth-order valence-electron chi connectivity index (χ4n) is 3.65. The lowest BCUT2D eigenvalue weighted by Crippen LogP contribution is -2.38. The van der Waals surface area contributed by atoms with Gasteiger partial charge in [0.25, 0.3) is 0 Å². The third-order valence-corrected chi connectivity index (χ3v) is 5.04. The van der Waals surface area contributed by atoms with Gasteiger partial charge in [-0.15, -0.1) is 0 Å². The molecule has 28 heavy (non-hydrogen) atoms. The highest BCUT2D eigenvalue weighted by atomic mass is 16.5. The maximum absolute atomic E-state index is 5.88. The molecule has 1 aliphatic rings. The lowest BCUT2D eigenvalue weighted by atomic mass is 9.98. The van der Waals surface area contributed by atoms with Crippen molar-refractivity contribution in [3.05, 3.63) is 42.9 Å². The topological polar surface area (TPSA) is 69.6 Å².